The molecule has 10 nitrogen and oxygen atoms in total. The summed E-state index contributed by atoms with van der Waals surface area (Å²) in [6, 6.07) is 41.4. The number of rotatable bonds is 7. The first kappa shape index (κ1) is 29.1. The zero-order chi connectivity index (χ0) is 32.8. The SMILES string of the molecule is [O-]N(O)c1ccc2c(Nc3ccccc3-c3ccccc3Nc3c4ccccc4nc4cc(N([O-])O)ccc34)c3ccccc3nc2c1. The summed E-state index contributed by atoms with van der Waals surface area (Å²) < 4.78 is 0. The van der Waals surface area contributed by atoms with E-state index in [1.54, 1.807) is 36.4 Å². The first-order valence-electron chi connectivity index (χ1n) is 15.1. The average molecular weight is 631 g/mol. The monoisotopic (exact) mass is 630 g/mol. The molecule has 8 rings (SSSR count). The van der Waals surface area contributed by atoms with Crippen molar-refractivity contribution in [3.8, 4) is 11.1 Å². The molecule has 0 atom stereocenters. The number of fused-ring (bicyclic) bond motifs is 4. The van der Waals surface area contributed by atoms with Crippen molar-refractivity contribution in [1.29, 1.82) is 0 Å². The second-order valence-corrected chi connectivity index (χ2v) is 11.3. The lowest BCUT2D eigenvalue weighted by Crippen LogP contribution is -2.07. The molecule has 48 heavy (non-hydrogen) atoms. The van der Waals surface area contributed by atoms with Crippen LogP contribution in [0.1, 0.15) is 0 Å². The van der Waals surface area contributed by atoms with Crippen molar-refractivity contribution < 1.29 is 10.4 Å². The van der Waals surface area contributed by atoms with E-state index in [2.05, 4.69) is 10.6 Å². The van der Waals surface area contributed by atoms with Crippen molar-refractivity contribution in [3.63, 3.8) is 0 Å². The molecule has 0 aliphatic rings. The third kappa shape index (κ3) is 5.13. The van der Waals surface area contributed by atoms with Gasteiger partial charge in [0.1, 0.15) is 0 Å². The number of nitrogens with one attached hydrogen (secondary N) is 2. The molecule has 10 heteroatoms. The fraction of sp³-hybridized carbons (Fsp3) is 0. The predicted octanol–water partition coefficient (Wildman–Crippen LogP) is 9.63. The number of benzene rings is 6. The van der Waals surface area contributed by atoms with E-state index in [1.165, 1.54) is 0 Å². The van der Waals surface area contributed by atoms with Gasteiger partial charge in [0.15, 0.2) is 0 Å². The zero-order valence-corrected chi connectivity index (χ0v) is 25.2. The van der Waals surface area contributed by atoms with Gasteiger partial charge >= 0.3 is 0 Å². The Morgan fingerprint density at radius 2 is 0.812 bits per heavy atom. The summed E-state index contributed by atoms with van der Waals surface area (Å²) in [4.78, 5) is 9.53. The van der Waals surface area contributed by atoms with Gasteiger partial charge in [-0.1, -0.05) is 72.8 Å². The third-order valence-electron chi connectivity index (χ3n) is 8.44. The molecule has 2 aromatic heterocycles. The molecule has 0 radical (unpaired) electrons. The number of aromatic nitrogens is 2. The van der Waals surface area contributed by atoms with Crippen LogP contribution < -0.4 is 21.1 Å². The maximum atomic E-state index is 11.7. The van der Waals surface area contributed by atoms with Crippen LogP contribution in [0, 0.1) is 10.4 Å². The number of hydrogen-bond donors (Lipinski definition) is 4. The Morgan fingerprint density at radius 3 is 1.25 bits per heavy atom. The van der Waals surface area contributed by atoms with Gasteiger partial charge in [-0.15, -0.1) is 0 Å². The Kier molecular flexibility index (Phi) is 7.17. The minimum atomic E-state index is -0.165. The van der Waals surface area contributed by atoms with E-state index >= 15 is 0 Å². The van der Waals surface area contributed by atoms with E-state index < -0.39 is 0 Å². The first-order valence-corrected chi connectivity index (χ1v) is 15.1. The molecule has 234 valence electrons. The molecule has 8 aromatic rings. The second-order valence-electron chi connectivity index (χ2n) is 11.3. The van der Waals surface area contributed by atoms with E-state index in [9.17, 15) is 20.8 Å². The summed E-state index contributed by atoms with van der Waals surface area (Å²) in [5.74, 6) is 0. The van der Waals surface area contributed by atoms with E-state index in [4.69, 9.17) is 9.97 Å². The molecule has 6 aromatic carbocycles. The zero-order valence-electron chi connectivity index (χ0n) is 25.2. The first-order chi connectivity index (χ1) is 23.4. The van der Waals surface area contributed by atoms with Crippen molar-refractivity contribution in [1.82, 2.24) is 9.97 Å². The van der Waals surface area contributed by atoms with Crippen LogP contribution in [0.4, 0.5) is 34.1 Å². The van der Waals surface area contributed by atoms with E-state index in [1.807, 2.05) is 97.1 Å². The Labute approximate surface area is 273 Å². The Morgan fingerprint density at radius 1 is 0.438 bits per heavy atom. The van der Waals surface area contributed by atoms with Gasteiger partial charge in [0.25, 0.3) is 0 Å². The van der Waals surface area contributed by atoms with Crippen LogP contribution in [0.15, 0.2) is 133 Å². The van der Waals surface area contributed by atoms with Gasteiger partial charge in [0, 0.05) is 44.0 Å². The molecule has 2 heterocycles. The third-order valence-corrected chi connectivity index (χ3v) is 8.44. The van der Waals surface area contributed by atoms with Crippen molar-refractivity contribution >= 4 is 77.7 Å². The maximum absolute atomic E-state index is 11.7. The standard InChI is InChI=1S/C38H26N6O4/c45-43(46)23-17-19-29-35(21-23)39-33-15-7-3-11-27(33)37(29)41-31-13-5-1-9-25(31)26-10-2-6-14-32(26)42-38-28-12-4-8-16-34(28)40-36-22-24(44(47)48)18-20-30(36)38/h1-22,45,47H,(H,39,41)(H,40,42)/q-2. The van der Waals surface area contributed by atoms with Crippen molar-refractivity contribution in [2.24, 2.45) is 0 Å². The fourth-order valence-corrected chi connectivity index (χ4v) is 6.19. The van der Waals surface area contributed by atoms with Crippen LogP contribution in [0.3, 0.4) is 0 Å². The quantitative estimate of drug-likeness (QED) is 0.0992. The van der Waals surface area contributed by atoms with Crippen LogP contribution in [0.2, 0.25) is 0 Å². The number of anilines is 6. The molecule has 0 aliphatic heterocycles. The molecule has 4 N–H and O–H groups in total. The summed E-state index contributed by atoms with van der Waals surface area (Å²) in [5, 5.41) is 52.8. The van der Waals surface area contributed by atoms with E-state index in [0.29, 0.717) is 11.0 Å². The predicted molar refractivity (Wildman–Crippen MR) is 192 cm³/mol. The normalized spacial score (nSPS) is 11.3. The van der Waals surface area contributed by atoms with Gasteiger partial charge in [-0.2, -0.15) is 0 Å². The molecular formula is C38H26N6O4-2. The van der Waals surface area contributed by atoms with Crippen molar-refractivity contribution in [3.05, 3.63) is 144 Å². The van der Waals surface area contributed by atoms with Gasteiger partial charge in [-0.05, 0) is 60.7 Å². The molecule has 0 aliphatic carbocycles. The number of nitrogens with zero attached hydrogens (tertiary/aromatic N) is 4. The van der Waals surface area contributed by atoms with Crippen molar-refractivity contribution in [2.75, 3.05) is 21.1 Å². The Hall–Kier alpha value is -6.30. The lowest BCUT2D eigenvalue weighted by atomic mass is 9.99. The topological polar surface area (TPSA) is 143 Å². The van der Waals surface area contributed by atoms with Crippen LogP contribution in [-0.4, -0.2) is 20.4 Å². The van der Waals surface area contributed by atoms with Gasteiger partial charge in [0.2, 0.25) is 0 Å². The summed E-state index contributed by atoms with van der Waals surface area (Å²) in [5.41, 5.74) is 7.94. The summed E-state index contributed by atoms with van der Waals surface area (Å²) in [7, 11) is 0. The highest BCUT2D eigenvalue weighted by molar-refractivity contribution is 6.12. The highest BCUT2D eigenvalue weighted by Crippen LogP contribution is 2.42. The number of hydrogen-bond acceptors (Lipinski definition) is 10. The largest absolute Gasteiger partial charge is 0.733 e. The molecular weight excluding hydrogens is 604 g/mol. The molecule has 0 saturated carbocycles. The van der Waals surface area contributed by atoms with Crippen LogP contribution in [0.25, 0.3) is 54.7 Å². The molecule has 0 fully saturated rings. The lowest BCUT2D eigenvalue weighted by molar-refractivity contribution is 0.296. The van der Waals surface area contributed by atoms with Crippen LogP contribution >= 0.6 is 0 Å². The maximum Gasteiger partial charge on any atom is 0.0751 e. The van der Waals surface area contributed by atoms with Gasteiger partial charge in [0.05, 0.1) is 44.8 Å². The second kappa shape index (κ2) is 11.8. The highest BCUT2D eigenvalue weighted by Gasteiger charge is 2.16. The molecule has 0 bridgehead atoms. The smallest absolute Gasteiger partial charge is 0.0751 e. The van der Waals surface area contributed by atoms with Crippen molar-refractivity contribution in [2.45, 2.75) is 0 Å². The van der Waals surface area contributed by atoms with Crippen LogP contribution in [0.5, 0.6) is 0 Å². The van der Waals surface area contributed by atoms with Gasteiger partial charge < -0.3 is 31.5 Å². The van der Waals surface area contributed by atoms with Gasteiger partial charge in [-0.3, -0.25) is 10.4 Å². The minimum Gasteiger partial charge on any atom is -0.733 e. The highest BCUT2D eigenvalue weighted by atomic mass is 16.8. The average Bonchev–Trinajstić information content (AvgIpc) is 3.11. The summed E-state index contributed by atoms with van der Waals surface area (Å²) >= 11 is 0. The summed E-state index contributed by atoms with van der Waals surface area (Å²) in [6.07, 6.45) is 0. The molecule has 0 spiro atoms. The molecule has 0 saturated heterocycles. The fourth-order valence-electron chi connectivity index (χ4n) is 6.19. The molecule has 0 amide bonds. The lowest BCUT2D eigenvalue weighted by Gasteiger charge is -2.23. The number of para-hydroxylation sites is 4. The van der Waals surface area contributed by atoms with E-state index in [0.717, 1.165) is 66.5 Å². The van der Waals surface area contributed by atoms with Gasteiger partial charge in [-0.25, -0.2) is 9.97 Å². The Balaban J connectivity index is 1.27. The van der Waals surface area contributed by atoms with Crippen LogP contribution in [-0.2, 0) is 0 Å². The summed E-state index contributed by atoms with van der Waals surface area (Å²) in [6.45, 7) is 0. The van der Waals surface area contributed by atoms with E-state index in [-0.39, 0.29) is 21.8 Å². The minimum absolute atomic E-state index is 0.0886. The number of pyridine rings is 2. The molecule has 0 unspecified atom stereocenters. The Bertz CT molecular complexity index is 2330.